The fourth-order valence-electron chi connectivity index (χ4n) is 4.70. The number of hydrogen-bond acceptors (Lipinski definition) is 9. The smallest absolute Gasteiger partial charge is 0.189 e. The fourth-order valence-corrected chi connectivity index (χ4v) is 5.80. The van der Waals surface area contributed by atoms with E-state index in [2.05, 4.69) is 51.9 Å². The minimum absolute atomic E-state index is 0.157. The highest BCUT2D eigenvalue weighted by molar-refractivity contribution is 8.00. The lowest BCUT2D eigenvalue weighted by molar-refractivity contribution is 0.0827. The number of ether oxygens (including phenoxy) is 2. The van der Waals surface area contributed by atoms with E-state index in [4.69, 9.17) is 24.7 Å². The first-order valence-corrected chi connectivity index (χ1v) is 14.0. The highest BCUT2D eigenvalue weighted by Crippen LogP contribution is 2.33. The van der Waals surface area contributed by atoms with Crippen LogP contribution in [-0.2, 0) is 16.0 Å². The molecular weight excluding hydrogens is 498 g/mol. The summed E-state index contributed by atoms with van der Waals surface area (Å²) in [5.74, 6) is 0.793. The monoisotopic (exact) mass is 529 g/mol. The molecule has 2 aliphatic rings. The average Bonchev–Trinajstić information content (AvgIpc) is 3.67. The molecule has 2 fully saturated rings. The summed E-state index contributed by atoms with van der Waals surface area (Å²) in [4.78, 5) is 10.4. The summed E-state index contributed by atoms with van der Waals surface area (Å²) in [5.41, 5.74) is 11.3. The van der Waals surface area contributed by atoms with Gasteiger partial charge in [0.05, 0.1) is 11.9 Å². The molecule has 4 aromatic rings. The van der Waals surface area contributed by atoms with Gasteiger partial charge in [0, 0.05) is 53.7 Å². The molecule has 2 aromatic heterocycles. The number of anilines is 1. The van der Waals surface area contributed by atoms with Crippen molar-refractivity contribution in [3.8, 4) is 34.0 Å². The van der Waals surface area contributed by atoms with Gasteiger partial charge in [0.2, 0.25) is 0 Å². The van der Waals surface area contributed by atoms with Crippen LogP contribution in [0.25, 0.3) is 34.0 Å². The maximum absolute atomic E-state index is 6.19. The van der Waals surface area contributed by atoms with Gasteiger partial charge in [0.1, 0.15) is 11.9 Å². The number of nitrogens with one attached hydrogen (secondary N) is 1. The number of nitrogen functional groups attached to an aromatic ring is 1. The molecule has 8 nitrogen and oxygen atoms in total. The van der Waals surface area contributed by atoms with Crippen molar-refractivity contribution in [2.45, 2.75) is 48.6 Å². The van der Waals surface area contributed by atoms with Gasteiger partial charge in [-0.1, -0.05) is 41.6 Å². The Labute approximate surface area is 226 Å². The maximum Gasteiger partial charge on any atom is 0.189 e. The van der Waals surface area contributed by atoms with E-state index in [0.29, 0.717) is 22.5 Å². The zero-order valence-corrected chi connectivity index (χ0v) is 22.0. The zero-order valence-electron chi connectivity index (χ0n) is 21.1. The number of rotatable bonds is 8. The molecule has 4 heterocycles. The molecule has 2 aliphatic heterocycles. The van der Waals surface area contributed by atoms with Crippen molar-refractivity contribution in [1.82, 2.24) is 20.4 Å². The van der Waals surface area contributed by atoms with Crippen LogP contribution in [0.4, 0.5) is 5.82 Å². The van der Waals surface area contributed by atoms with Crippen molar-refractivity contribution >= 4 is 17.6 Å². The molecular formula is C29H31N5O3S. The Bertz CT molecular complexity index is 1350. The lowest BCUT2D eigenvalue weighted by Crippen LogP contribution is -2.27. The zero-order chi connectivity index (χ0) is 25.7. The number of hydrogen-bond donors (Lipinski definition) is 2. The highest BCUT2D eigenvalue weighted by atomic mass is 32.2. The second-order valence-corrected chi connectivity index (χ2v) is 11.0. The fraction of sp³-hybridized carbons (Fsp3) is 0.345. The van der Waals surface area contributed by atoms with Crippen LogP contribution < -0.4 is 11.1 Å². The summed E-state index contributed by atoms with van der Waals surface area (Å²) in [6.07, 6.45) is 6.22. The topological polar surface area (TPSA) is 108 Å². The highest BCUT2D eigenvalue weighted by Gasteiger charge is 2.18. The molecule has 0 spiro atoms. The van der Waals surface area contributed by atoms with E-state index >= 15 is 0 Å². The summed E-state index contributed by atoms with van der Waals surface area (Å²) >= 11 is 1.91. The third-order valence-corrected chi connectivity index (χ3v) is 8.23. The van der Waals surface area contributed by atoms with Gasteiger partial charge in [-0.2, -0.15) is 0 Å². The Balaban J connectivity index is 1.14. The van der Waals surface area contributed by atoms with Gasteiger partial charge in [-0.05, 0) is 43.4 Å². The van der Waals surface area contributed by atoms with Crippen molar-refractivity contribution in [1.29, 1.82) is 0 Å². The Kier molecular flexibility index (Phi) is 7.69. The van der Waals surface area contributed by atoms with Crippen LogP contribution in [0.1, 0.15) is 31.2 Å². The Morgan fingerprint density at radius 2 is 1.68 bits per heavy atom. The Morgan fingerprint density at radius 3 is 2.45 bits per heavy atom. The van der Waals surface area contributed by atoms with Gasteiger partial charge in [0.25, 0.3) is 0 Å². The molecule has 2 aromatic carbocycles. The van der Waals surface area contributed by atoms with Crippen molar-refractivity contribution in [2.24, 2.45) is 0 Å². The van der Waals surface area contributed by atoms with Crippen molar-refractivity contribution in [3.63, 3.8) is 0 Å². The first-order chi connectivity index (χ1) is 18.7. The summed E-state index contributed by atoms with van der Waals surface area (Å²) in [6.45, 7) is 3.30. The van der Waals surface area contributed by atoms with Crippen molar-refractivity contribution in [2.75, 3.05) is 25.6 Å². The van der Waals surface area contributed by atoms with Crippen LogP contribution in [0.2, 0.25) is 0 Å². The molecule has 1 atom stereocenters. The van der Waals surface area contributed by atoms with E-state index in [1.54, 1.807) is 6.20 Å². The minimum Gasteiger partial charge on any atom is -0.382 e. The lowest BCUT2D eigenvalue weighted by Gasteiger charge is -2.21. The third-order valence-electron chi connectivity index (χ3n) is 6.88. The second-order valence-electron chi connectivity index (χ2n) is 9.60. The van der Waals surface area contributed by atoms with Gasteiger partial charge in [-0.15, -0.1) is 11.8 Å². The van der Waals surface area contributed by atoms with Gasteiger partial charge >= 0.3 is 0 Å². The van der Waals surface area contributed by atoms with Crippen LogP contribution >= 0.6 is 11.8 Å². The lowest BCUT2D eigenvalue weighted by atomic mass is 10.1. The van der Waals surface area contributed by atoms with E-state index in [1.807, 2.05) is 30.0 Å². The standard InChI is InChI=1S/C29H31N5O3S/c30-29-28(33-25(18-32-29)21-7-9-22(10-8-21)38-23-11-14-35-15-12-23)26-16-24(34-37-26)20-5-3-19(4-6-20)17-31-27-2-1-13-36-27/h3-10,16,18,23,27,31H,1-2,11-15,17H2,(H2,30,32). The molecule has 196 valence electrons. The number of thioether (sulfide) groups is 1. The number of nitrogens with zero attached hydrogens (tertiary/aromatic N) is 3. The number of benzene rings is 2. The normalized spacial score (nSPS) is 18.2. The molecule has 3 N–H and O–H groups in total. The predicted molar refractivity (Wildman–Crippen MR) is 148 cm³/mol. The van der Waals surface area contributed by atoms with E-state index in [-0.39, 0.29) is 6.23 Å². The van der Waals surface area contributed by atoms with E-state index < -0.39 is 0 Å². The molecule has 38 heavy (non-hydrogen) atoms. The molecule has 6 rings (SSSR count). The van der Waals surface area contributed by atoms with Gasteiger partial charge in [0.15, 0.2) is 17.3 Å². The van der Waals surface area contributed by atoms with Gasteiger partial charge in [-0.25, -0.2) is 9.97 Å². The maximum atomic E-state index is 6.19. The average molecular weight is 530 g/mol. The van der Waals surface area contributed by atoms with Crippen molar-refractivity contribution in [3.05, 3.63) is 66.4 Å². The summed E-state index contributed by atoms with van der Waals surface area (Å²) < 4.78 is 16.8. The molecule has 2 saturated heterocycles. The van der Waals surface area contributed by atoms with Crippen LogP contribution in [0.5, 0.6) is 0 Å². The van der Waals surface area contributed by atoms with Gasteiger partial charge < -0.3 is 19.7 Å². The first-order valence-electron chi connectivity index (χ1n) is 13.1. The quantitative estimate of drug-likeness (QED) is 0.304. The van der Waals surface area contributed by atoms with Crippen LogP contribution in [0, 0.1) is 0 Å². The first kappa shape index (κ1) is 25.1. The number of aromatic nitrogens is 3. The van der Waals surface area contributed by atoms with Gasteiger partial charge in [-0.3, -0.25) is 5.32 Å². The SMILES string of the molecule is Nc1ncc(-c2ccc(SC3CCOCC3)cc2)nc1-c1cc(-c2ccc(CNC3CCCO3)cc2)no1. The minimum atomic E-state index is 0.157. The molecule has 1 unspecified atom stereocenters. The Morgan fingerprint density at radius 1 is 0.921 bits per heavy atom. The second kappa shape index (κ2) is 11.7. The van der Waals surface area contributed by atoms with Crippen molar-refractivity contribution < 1.29 is 14.0 Å². The Hall–Kier alpha value is -3.24. The summed E-state index contributed by atoms with van der Waals surface area (Å²) in [7, 11) is 0. The molecule has 9 heteroatoms. The molecule has 0 radical (unpaired) electrons. The largest absolute Gasteiger partial charge is 0.382 e. The summed E-state index contributed by atoms with van der Waals surface area (Å²) in [6, 6.07) is 18.5. The van der Waals surface area contributed by atoms with Crippen LogP contribution in [0.15, 0.2) is 70.2 Å². The molecule has 0 saturated carbocycles. The molecule has 0 aliphatic carbocycles. The molecule has 0 amide bonds. The van der Waals surface area contributed by atoms with E-state index in [1.165, 1.54) is 10.5 Å². The van der Waals surface area contributed by atoms with Crippen LogP contribution in [-0.4, -0.2) is 46.4 Å². The molecule has 0 bridgehead atoms. The number of nitrogens with two attached hydrogens (primary N) is 1. The van der Waals surface area contributed by atoms with E-state index in [9.17, 15) is 0 Å². The summed E-state index contributed by atoms with van der Waals surface area (Å²) in [5, 5.41) is 8.31. The van der Waals surface area contributed by atoms with E-state index in [0.717, 1.165) is 74.6 Å². The predicted octanol–water partition coefficient (Wildman–Crippen LogP) is 5.55. The third kappa shape index (κ3) is 5.91. The van der Waals surface area contributed by atoms with Crippen LogP contribution in [0.3, 0.4) is 0 Å².